The number of aromatic nitrogens is 1. The van der Waals surface area contributed by atoms with Gasteiger partial charge in [-0.3, -0.25) is 4.79 Å². The van der Waals surface area contributed by atoms with Crippen molar-refractivity contribution in [3.05, 3.63) is 62.5 Å². The molecule has 0 atom stereocenters. The molecule has 0 saturated carbocycles. The van der Waals surface area contributed by atoms with Gasteiger partial charge in [-0.05, 0) is 60.0 Å². The average Bonchev–Trinajstić information content (AvgIpc) is 2.40. The third-order valence-electron chi connectivity index (χ3n) is 3.03. The minimum absolute atomic E-state index is 0.0590. The molecule has 0 N–H and O–H groups in total. The predicted octanol–water partition coefficient (Wildman–Crippen LogP) is 3.70. The summed E-state index contributed by atoms with van der Waals surface area (Å²) in [5, 5.41) is 0. The molecule has 0 bridgehead atoms. The summed E-state index contributed by atoms with van der Waals surface area (Å²) in [6.07, 6.45) is 2.62. The van der Waals surface area contributed by atoms with Crippen LogP contribution in [0.4, 0.5) is 0 Å². The summed E-state index contributed by atoms with van der Waals surface area (Å²) in [4.78, 5) is 11.9. The van der Waals surface area contributed by atoms with Crippen LogP contribution in [0.1, 0.15) is 17.5 Å². The molecule has 0 aliphatic heterocycles. The van der Waals surface area contributed by atoms with Crippen molar-refractivity contribution < 1.29 is 4.74 Å². The van der Waals surface area contributed by atoms with Crippen LogP contribution in [0.3, 0.4) is 0 Å². The lowest BCUT2D eigenvalue weighted by Crippen LogP contribution is -2.22. The van der Waals surface area contributed by atoms with Gasteiger partial charge in [-0.2, -0.15) is 0 Å². The van der Waals surface area contributed by atoms with Crippen LogP contribution in [0.2, 0.25) is 0 Å². The smallest absolute Gasteiger partial charge is 0.253 e. The fourth-order valence-electron chi connectivity index (χ4n) is 2.04. The van der Waals surface area contributed by atoms with Crippen molar-refractivity contribution >= 4 is 15.9 Å². The number of aryl methyl sites for hydroxylation is 3. The predicted molar refractivity (Wildman–Crippen MR) is 84.4 cm³/mol. The number of pyridine rings is 1. The molecule has 0 saturated heterocycles. The Kier molecular flexibility index (Phi) is 5.01. The highest BCUT2D eigenvalue weighted by Crippen LogP contribution is 2.13. The third-order valence-corrected chi connectivity index (χ3v) is 3.47. The van der Waals surface area contributed by atoms with E-state index < -0.39 is 0 Å². The van der Waals surface area contributed by atoms with Crippen LogP contribution in [0, 0.1) is 13.8 Å². The van der Waals surface area contributed by atoms with E-state index in [0.29, 0.717) is 13.2 Å². The van der Waals surface area contributed by atoms with Gasteiger partial charge in [-0.25, -0.2) is 0 Å². The van der Waals surface area contributed by atoms with E-state index >= 15 is 0 Å². The molecule has 0 amide bonds. The lowest BCUT2D eigenvalue weighted by Gasteiger charge is -2.09. The summed E-state index contributed by atoms with van der Waals surface area (Å²) in [5.41, 5.74) is 1.99. The van der Waals surface area contributed by atoms with Gasteiger partial charge >= 0.3 is 0 Å². The standard InChI is InChI=1S/C16H18BrNO2/c1-12-5-3-6-15(9-12)20-8-4-7-18-11-14(17)10-13(2)16(18)19/h3,5-6,9-11H,4,7-8H2,1-2H3. The molecule has 0 radical (unpaired) electrons. The molecule has 1 aromatic heterocycles. The second kappa shape index (κ2) is 6.75. The maximum Gasteiger partial charge on any atom is 0.253 e. The minimum Gasteiger partial charge on any atom is -0.494 e. The molecule has 0 fully saturated rings. The molecule has 2 rings (SSSR count). The molecule has 0 aliphatic carbocycles. The van der Waals surface area contributed by atoms with E-state index in [1.807, 2.05) is 50.4 Å². The van der Waals surface area contributed by atoms with Crippen LogP contribution >= 0.6 is 15.9 Å². The highest BCUT2D eigenvalue weighted by atomic mass is 79.9. The fraction of sp³-hybridized carbons (Fsp3) is 0.312. The minimum atomic E-state index is 0.0590. The van der Waals surface area contributed by atoms with Crippen LogP contribution in [0.5, 0.6) is 5.75 Å². The van der Waals surface area contributed by atoms with Crippen molar-refractivity contribution in [2.24, 2.45) is 0 Å². The summed E-state index contributed by atoms with van der Waals surface area (Å²) in [5.74, 6) is 0.878. The first-order valence-electron chi connectivity index (χ1n) is 6.62. The van der Waals surface area contributed by atoms with Crippen LogP contribution in [0.25, 0.3) is 0 Å². The van der Waals surface area contributed by atoms with Gasteiger partial charge in [0, 0.05) is 22.8 Å². The van der Waals surface area contributed by atoms with Gasteiger partial charge in [-0.15, -0.1) is 0 Å². The van der Waals surface area contributed by atoms with Crippen LogP contribution in [-0.4, -0.2) is 11.2 Å². The Balaban J connectivity index is 1.89. The first-order chi connectivity index (χ1) is 9.56. The molecule has 2 aromatic rings. The summed E-state index contributed by atoms with van der Waals surface area (Å²) < 4.78 is 8.33. The second-order valence-electron chi connectivity index (χ2n) is 4.86. The van der Waals surface area contributed by atoms with Gasteiger partial charge in [0.15, 0.2) is 0 Å². The number of nitrogens with zero attached hydrogens (tertiary/aromatic N) is 1. The maximum absolute atomic E-state index is 11.9. The SMILES string of the molecule is Cc1cccc(OCCCn2cc(Br)cc(C)c2=O)c1. The zero-order chi connectivity index (χ0) is 14.5. The quantitative estimate of drug-likeness (QED) is 0.780. The van der Waals surface area contributed by atoms with E-state index in [9.17, 15) is 4.79 Å². The third kappa shape index (κ3) is 3.97. The van der Waals surface area contributed by atoms with Crippen molar-refractivity contribution in [2.75, 3.05) is 6.61 Å². The average molecular weight is 336 g/mol. The Morgan fingerprint density at radius 1 is 1.25 bits per heavy atom. The zero-order valence-electron chi connectivity index (χ0n) is 11.7. The van der Waals surface area contributed by atoms with Crippen molar-refractivity contribution in [3.8, 4) is 5.75 Å². The molecule has 1 aromatic carbocycles. The monoisotopic (exact) mass is 335 g/mol. The number of halogens is 1. The van der Waals surface area contributed by atoms with E-state index in [1.165, 1.54) is 5.56 Å². The summed E-state index contributed by atoms with van der Waals surface area (Å²) >= 11 is 3.41. The van der Waals surface area contributed by atoms with Gasteiger partial charge in [0.05, 0.1) is 6.61 Å². The normalized spacial score (nSPS) is 10.6. The van der Waals surface area contributed by atoms with Crippen molar-refractivity contribution in [3.63, 3.8) is 0 Å². The highest BCUT2D eigenvalue weighted by Gasteiger charge is 2.02. The number of rotatable bonds is 5. The molecule has 3 nitrogen and oxygen atoms in total. The van der Waals surface area contributed by atoms with E-state index in [1.54, 1.807) is 4.57 Å². The summed E-state index contributed by atoms with van der Waals surface area (Å²) in [7, 11) is 0. The van der Waals surface area contributed by atoms with Gasteiger partial charge in [0.1, 0.15) is 5.75 Å². The molecular formula is C16H18BrNO2. The Morgan fingerprint density at radius 2 is 2.05 bits per heavy atom. The van der Waals surface area contributed by atoms with Crippen molar-refractivity contribution in [2.45, 2.75) is 26.8 Å². The number of benzene rings is 1. The molecule has 0 unspecified atom stereocenters. The molecule has 1 heterocycles. The van der Waals surface area contributed by atoms with Crippen LogP contribution < -0.4 is 10.3 Å². The first-order valence-corrected chi connectivity index (χ1v) is 7.41. The Morgan fingerprint density at radius 3 is 2.80 bits per heavy atom. The maximum atomic E-state index is 11.9. The zero-order valence-corrected chi connectivity index (χ0v) is 13.3. The van der Waals surface area contributed by atoms with E-state index in [2.05, 4.69) is 15.9 Å². The fourth-order valence-corrected chi connectivity index (χ4v) is 2.63. The van der Waals surface area contributed by atoms with Gasteiger partial charge in [0.2, 0.25) is 0 Å². The van der Waals surface area contributed by atoms with Gasteiger partial charge < -0.3 is 9.30 Å². The number of hydrogen-bond acceptors (Lipinski definition) is 2. The first kappa shape index (κ1) is 14.9. The van der Waals surface area contributed by atoms with Crippen LogP contribution in [0.15, 0.2) is 45.8 Å². The van der Waals surface area contributed by atoms with Crippen molar-refractivity contribution in [1.82, 2.24) is 4.57 Å². The van der Waals surface area contributed by atoms with E-state index in [0.717, 1.165) is 22.2 Å². The lowest BCUT2D eigenvalue weighted by atomic mass is 10.2. The van der Waals surface area contributed by atoms with Gasteiger partial charge in [-0.1, -0.05) is 12.1 Å². The van der Waals surface area contributed by atoms with Gasteiger partial charge in [0.25, 0.3) is 5.56 Å². The Hall–Kier alpha value is -1.55. The van der Waals surface area contributed by atoms with Crippen LogP contribution in [-0.2, 0) is 6.54 Å². The summed E-state index contributed by atoms with van der Waals surface area (Å²) in [6.45, 7) is 5.12. The lowest BCUT2D eigenvalue weighted by molar-refractivity contribution is 0.300. The number of hydrogen-bond donors (Lipinski definition) is 0. The molecule has 0 aliphatic rings. The highest BCUT2D eigenvalue weighted by molar-refractivity contribution is 9.10. The number of ether oxygens (including phenoxy) is 1. The molecule has 20 heavy (non-hydrogen) atoms. The Labute approximate surface area is 127 Å². The van der Waals surface area contributed by atoms with E-state index in [4.69, 9.17) is 4.74 Å². The molecule has 4 heteroatoms. The molecular weight excluding hydrogens is 318 g/mol. The molecule has 0 spiro atoms. The summed E-state index contributed by atoms with van der Waals surface area (Å²) in [6, 6.07) is 9.81. The van der Waals surface area contributed by atoms with Crippen molar-refractivity contribution in [1.29, 1.82) is 0 Å². The topological polar surface area (TPSA) is 31.2 Å². The Bertz CT molecular complexity index is 649. The largest absolute Gasteiger partial charge is 0.494 e. The molecule has 106 valence electrons. The second-order valence-corrected chi connectivity index (χ2v) is 5.77. The van der Waals surface area contributed by atoms with E-state index in [-0.39, 0.29) is 5.56 Å².